The molecular weight excluding hydrogens is 747 g/mol. The van der Waals surface area contributed by atoms with Crippen molar-refractivity contribution < 1.29 is 0 Å². The molecule has 2 nitrogen and oxygen atoms in total. The van der Waals surface area contributed by atoms with Gasteiger partial charge in [0.2, 0.25) is 0 Å². The molecule has 0 fully saturated rings. The van der Waals surface area contributed by atoms with Crippen molar-refractivity contribution in [1.29, 1.82) is 0 Å². The van der Waals surface area contributed by atoms with Crippen LogP contribution in [0.3, 0.4) is 0 Å². The Hall–Kier alpha value is -6.58. The molecule has 62 heavy (non-hydrogen) atoms. The Morgan fingerprint density at radius 2 is 0.758 bits per heavy atom. The molecule has 8 aromatic rings. The molecule has 0 radical (unpaired) electrons. The van der Waals surface area contributed by atoms with Crippen LogP contribution in [0.1, 0.15) is 77.6 Å². The second-order valence-corrected chi connectivity index (χ2v) is 19.9. The number of anilines is 6. The van der Waals surface area contributed by atoms with Crippen molar-refractivity contribution in [2.75, 3.05) is 9.80 Å². The van der Waals surface area contributed by atoms with Gasteiger partial charge < -0.3 is 9.80 Å². The molecule has 0 N–H and O–H groups in total. The van der Waals surface area contributed by atoms with Crippen LogP contribution in [0.25, 0.3) is 22.3 Å². The summed E-state index contributed by atoms with van der Waals surface area (Å²) in [6.45, 7) is 18.7. The van der Waals surface area contributed by atoms with Gasteiger partial charge in [0.15, 0.2) is 0 Å². The second-order valence-electron chi connectivity index (χ2n) is 19.9. The van der Waals surface area contributed by atoms with E-state index in [9.17, 15) is 0 Å². The van der Waals surface area contributed by atoms with Gasteiger partial charge in [-0.3, -0.25) is 0 Å². The van der Waals surface area contributed by atoms with Crippen LogP contribution in [0.5, 0.6) is 0 Å². The molecule has 0 unspecified atom stereocenters. The molecule has 2 aliphatic heterocycles. The number of rotatable bonds is 6. The lowest BCUT2D eigenvalue weighted by atomic mass is 9.33. The van der Waals surface area contributed by atoms with Gasteiger partial charge in [0, 0.05) is 39.5 Å². The van der Waals surface area contributed by atoms with E-state index in [0.29, 0.717) is 0 Å². The first kappa shape index (κ1) is 39.6. The summed E-state index contributed by atoms with van der Waals surface area (Å²) in [5.74, 6) is 0. The summed E-state index contributed by atoms with van der Waals surface area (Å²) in [6, 6.07) is 70.6. The molecular formula is C59H55BN2. The molecule has 0 aromatic heterocycles. The van der Waals surface area contributed by atoms with Crippen molar-refractivity contribution in [2.24, 2.45) is 0 Å². The Morgan fingerprint density at radius 3 is 1.34 bits per heavy atom. The fourth-order valence-electron chi connectivity index (χ4n) is 9.77. The number of benzene rings is 8. The monoisotopic (exact) mass is 802 g/mol. The third-order valence-corrected chi connectivity index (χ3v) is 13.4. The normalized spacial score (nSPS) is 13.4. The average Bonchev–Trinajstić information content (AvgIpc) is 3.28. The Labute approximate surface area is 369 Å². The molecule has 0 bridgehead atoms. The lowest BCUT2D eigenvalue weighted by Crippen LogP contribution is -2.61. The summed E-state index contributed by atoms with van der Waals surface area (Å²) in [5.41, 5.74) is 20.9. The maximum absolute atomic E-state index is 2.60. The first-order chi connectivity index (χ1) is 29.8. The van der Waals surface area contributed by atoms with Gasteiger partial charge in [-0.05, 0) is 120 Å². The van der Waals surface area contributed by atoms with Gasteiger partial charge in [0.1, 0.15) is 0 Å². The lowest BCUT2D eigenvalue weighted by Gasteiger charge is -2.46. The minimum absolute atomic E-state index is 0.00772. The van der Waals surface area contributed by atoms with E-state index in [1.54, 1.807) is 0 Å². The van der Waals surface area contributed by atoms with E-state index in [2.05, 4.69) is 253 Å². The molecule has 3 heteroatoms. The van der Waals surface area contributed by atoms with Gasteiger partial charge in [0.05, 0.1) is 0 Å². The molecule has 2 aliphatic rings. The summed E-state index contributed by atoms with van der Waals surface area (Å²) in [6.07, 6.45) is 0. The number of hydrogen-bond acceptors (Lipinski definition) is 2. The summed E-state index contributed by atoms with van der Waals surface area (Å²) in [5, 5.41) is 0. The molecule has 0 aliphatic carbocycles. The highest BCUT2D eigenvalue weighted by atomic mass is 15.2. The maximum atomic E-state index is 2.60. The van der Waals surface area contributed by atoms with E-state index in [1.807, 2.05) is 0 Å². The molecule has 2 heterocycles. The minimum atomic E-state index is -0.307. The number of fused-ring (bicyclic) bond motifs is 4. The Bertz CT molecular complexity index is 2950. The SMILES string of the molecule is CC(C)(C)c1cccc(N2c3cc(C(C)(C)C)ccc3B3c4ccc(-c5ccccc5)cc4N(c4cccc(-c5ccccc5)c4)c4cc(C(C)(C)c5ccccc5)cc2c43)c1. The minimum Gasteiger partial charge on any atom is -0.311 e. The van der Waals surface area contributed by atoms with Crippen LogP contribution in [-0.2, 0) is 16.2 Å². The molecule has 0 amide bonds. The zero-order valence-electron chi connectivity index (χ0n) is 37.4. The first-order valence-corrected chi connectivity index (χ1v) is 22.2. The highest BCUT2D eigenvalue weighted by Gasteiger charge is 2.45. The second kappa shape index (κ2) is 14.8. The highest BCUT2D eigenvalue weighted by Crippen LogP contribution is 2.49. The molecule has 304 valence electrons. The molecule has 8 aromatic carbocycles. The van der Waals surface area contributed by atoms with Gasteiger partial charge >= 0.3 is 0 Å². The van der Waals surface area contributed by atoms with Crippen LogP contribution in [0.15, 0.2) is 188 Å². The average molecular weight is 803 g/mol. The van der Waals surface area contributed by atoms with Gasteiger partial charge in [0.25, 0.3) is 6.71 Å². The summed E-state index contributed by atoms with van der Waals surface area (Å²) >= 11 is 0. The van der Waals surface area contributed by atoms with Crippen LogP contribution < -0.4 is 26.2 Å². The van der Waals surface area contributed by atoms with E-state index in [0.717, 1.165) is 5.69 Å². The van der Waals surface area contributed by atoms with Crippen molar-refractivity contribution in [2.45, 2.75) is 71.6 Å². The number of hydrogen-bond donors (Lipinski definition) is 0. The summed E-state index contributed by atoms with van der Waals surface area (Å²) in [4.78, 5) is 5.17. The molecule has 0 atom stereocenters. The Balaban J connectivity index is 1.34. The van der Waals surface area contributed by atoms with Crippen molar-refractivity contribution in [1.82, 2.24) is 0 Å². The van der Waals surface area contributed by atoms with E-state index in [-0.39, 0.29) is 23.0 Å². The van der Waals surface area contributed by atoms with Crippen LogP contribution >= 0.6 is 0 Å². The Kier molecular flexibility index (Phi) is 9.45. The predicted octanol–water partition coefficient (Wildman–Crippen LogP) is 14.0. The fraction of sp³-hybridized carbons (Fsp3) is 0.186. The molecule has 10 rings (SSSR count). The first-order valence-electron chi connectivity index (χ1n) is 22.2. The molecule has 0 saturated heterocycles. The van der Waals surface area contributed by atoms with Crippen LogP contribution in [-0.4, -0.2) is 6.71 Å². The third-order valence-electron chi connectivity index (χ3n) is 13.4. The van der Waals surface area contributed by atoms with Crippen molar-refractivity contribution in [3.63, 3.8) is 0 Å². The lowest BCUT2D eigenvalue weighted by molar-refractivity contribution is 0.590. The largest absolute Gasteiger partial charge is 0.311 e. The fourth-order valence-corrected chi connectivity index (χ4v) is 9.77. The van der Waals surface area contributed by atoms with Gasteiger partial charge in [-0.1, -0.05) is 195 Å². The highest BCUT2D eigenvalue weighted by molar-refractivity contribution is 7.00. The zero-order chi connectivity index (χ0) is 43.0. The number of nitrogens with zero attached hydrogens (tertiary/aromatic N) is 2. The Morgan fingerprint density at radius 1 is 0.323 bits per heavy atom. The van der Waals surface area contributed by atoms with Crippen LogP contribution in [0.2, 0.25) is 0 Å². The molecule has 0 saturated carbocycles. The zero-order valence-corrected chi connectivity index (χ0v) is 37.4. The smallest absolute Gasteiger partial charge is 0.252 e. The van der Waals surface area contributed by atoms with E-state index >= 15 is 0 Å². The van der Waals surface area contributed by atoms with Gasteiger partial charge in [-0.15, -0.1) is 0 Å². The topological polar surface area (TPSA) is 6.48 Å². The predicted molar refractivity (Wildman–Crippen MR) is 267 cm³/mol. The van der Waals surface area contributed by atoms with Crippen molar-refractivity contribution >= 4 is 57.2 Å². The van der Waals surface area contributed by atoms with Gasteiger partial charge in [-0.2, -0.15) is 0 Å². The van der Waals surface area contributed by atoms with Crippen molar-refractivity contribution in [3.05, 3.63) is 210 Å². The van der Waals surface area contributed by atoms with E-state index in [1.165, 1.54) is 89.3 Å². The third kappa shape index (κ3) is 6.76. The van der Waals surface area contributed by atoms with Crippen molar-refractivity contribution in [3.8, 4) is 22.3 Å². The standard InChI is InChI=1S/C59H55BN2/c1-57(2,3)45-27-19-29-49(36-45)62-53-37-46(58(4,5)6)31-33-51(53)60-50-32-30-43(41-22-14-10-15-23-41)35-52(50)61(48-28-18-24-42(34-48)40-20-12-9-13-21-40)54-38-47(39-55(62)56(54)60)59(7,8)44-25-16-11-17-26-44/h9-39H,1-8H3. The molecule has 0 spiro atoms. The van der Waals surface area contributed by atoms with Crippen LogP contribution in [0, 0.1) is 0 Å². The van der Waals surface area contributed by atoms with Crippen LogP contribution in [0.4, 0.5) is 34.1 Å². The summed E-state index contributed by atoms with van der Waals surface area (Å²) in [7, 11) is 0. The summed E-state index contributed by atoms with van der Waals surface area (Å²) < 4.78 is 0. The van der Waals surface area contributed by atoms with E-state index < -0.39 is 0 Å². The maximum Gasteiger partial charge on any atom is 0.252 e. The van der Waals surface area contributed by atoms with E-state index in [4.69, 9.17) is 0 Å². The quantitative estimate of drug-likeness (QED) is 0.155. The van der Waals surface area contributed by atoms with Gasteiger partial charge in [-0.25, -0.2) is 0 Å².